The molecule has 0 bridgehead atoms. The van der Waals surface area contributed by atoms with Crippen LogP contribution in [0.4, 0.5) is 0 Å². The Hall–Kier alpha value is -0.400. The minimum absolute atomic E-state index is 0.630. The molecule has 2 aliphatic heterocycles. The summed E-state index contributed by atoms with van der Waals surface area (Å²) in [7, 11) is 0. The Morgan fingerprint density at radius 3 is 2.05 bits per heavy atom. The first-order valence-electron chi connectivity index (χ1n) is 6.93. The highest BCUT2D eigenvalue weighted by atomic mass is 16.7. The van der Waals surface area contributed by atoms with Gasteiger partial charge in [0.05, 0.1) is 12.7 Å². The Kier molecular flexibility index (Phi) is 5.72. The van der Waals surface area contributed by atoms with Crippen molar-refractivity contribution < 1.29 is 50.0 Å². The second-order valence-electron chi connectivity index (χ2n) is 5.51. The van der Waals surface area contributed by atoms with Crippen LogP contribution in [0.2, 0.25) is 0 Å². The van der Waals surface area contributed by atoms with Crippen molar-refractivity contribution in [2.45, 2.75) is 68.3 Å². The van der Waals surface area contributed by atoms with Gasteiger partial charge in [0.25, 0.3) is 0 Å². The van der Waals surface area contributed by atoms with E-state index in [1.54, 1.807) is 0 Å². The molecule has 10 heteroatoms. The van der Waals surface area contributed by atoms with E-state index in [2.05, 4.69) is 0 Å². The van der Waals surface area contributed by atoms with Gasteiger partial charge in [0.15, 0.2) is 12.6 Å². The highest BCUT2D eigenvalue weighted by molar-refractivity contribution is 4.93. The molecule has 0 aromatic rings. The molecule has 22 heavy (non-hydrogen) atoms. The molecule has 0 aromatic carbocycles. The molecule has 2 rings (SSSR count). The first kappa shape index (κ1) is 17.9. The molecule has 0 spiro atoms. The van der Waals surface area contributed by atoms with Crippen molar-refractivity contribution in [3.05, 3.63) is 0 Å². The SMILES string of the molecule is C[C@H]1O[C@H](O[C@H]2[C@H](O)[C@@H](O)C(O)O[C@@H]2CO)[C@H](O)[C@@H](O)[C@@H]1O. The van der Waals surface area contributed by atoms with Crippen molar-refractivity contribution in [3.63, 3.8) is 0 Å². The highest BCUT2D eigenvalue weighted by Gasteiger charge is 2.49. The molecule has 0 aromatic heterocycles. The fraction of sp³-hybridized carbons (Fsp3) is 1.00. The summed E-state index contributed by atoms with van der Waals surface area (Å²) in [5, 5.41) is 67.3. The molecule has 10 nitrogen and oxygen atoms in total. The quantitative estimate of drug-likeness (QED) is 0.269. The summed E-state index contributed by atoms with van der Waals surface area (Å²) in [4.78, 5) is 0. The predicted octanol–water partition coefficient (Wildman–Crippen LogP) is -4.37. The number of hydrogen-bond acceptors (Lipinski definition) is 10. The average molecular weight is 326 g/mol. The highest BCUT2D eigenvalue weighted by Crippen LogP contribution is 2.28. The van der Waals surface area contributed by atoms with E-state index >= 15 is 0 Å². The molecule has 1 unspecified atom stereocenters. The van der Waals surface area contributed by atoms with Crippen LogP contribution >= 0.6 is 0 Å². The lowest BCUT2D eigenvalue weighted by Gasteiger charge is -2.44. The summed E-state index contributed by atoms with van der Waals surface area (Å²) in [6, 6.07) is 0. The van der Waals surface area contributed by atoms with Gasteiger partial charge < -0.3 is 50.0 Å². The molecule has 10 atom stereocenters. The number of aliphatic hydroxyl groups is 7. The van der Waals surface area contributed by atoms with Crippen molar-refractivity contribution in [3.8, 4) is 0 Å². The molecule has 130 valence electrons. The minimum Gasteiger partial charge on any atom is -0.394 e. The standard InChI is InChI=1S/C12H22O10/c1-3-5(14)6(15)9(18)12(20-3)22-10-4(2-13)21-11(19)8(17)7(10)16/h3-19H,2H2,1H3/t3-,4-,5-,6+,7-,8-,9-,10-,11?,12-/m1/s1. The van der Waals surface area contributed by atoms with Gasteiger partial charge in [-0.15, -0.1) is 0 Å². The van der Waals surface area contributed by atoms with E-state index in [1.165, 1.54) is 6.92 Å². The zero-order valence-electron chi connectivity index (χ0n) is 11.8. The van der Waals surface area contributed by atoms with E-state index in [4.69, 9.17) is 14.2 Å². The number of hydrogen-bond donors (Lipinski definition) is 7. The Balaban J connectivity index is 2.10. The Bertz CT molecular complexity index is 366. The largest absolute Gasteiger partial charge is 0.394 e. The van der Waals surface area contributed by atoms with Crippen LogP contribution in [-0.2, 0) is 14.2 Å². The van der Waals surface area contributed by atoms with Crippen LogP contribution in [0.3, 0.4) is 0 Å². The van der Waals surface area contributed by atoms with Gasteiger partial charge in [-0.25, -0.2) is 0 Å². The minimum atomic E-state index is -1.70. The van der Waals surface area contributed by atoms with Crippen LogP contribution < -0.4 is 0 Å². The maximum absolute atomic E-state index is 9.93. The first-order valence-corrected chi connectivity index (χ1v) is 6.93. The van der Waals surface area contributed by atoms with Gasteiger partial charge in [0, 0.05) is 0 Å². The Morgan fingerprint density at radius 2 is 1.45 bits per heavy atom. The van der Waals surface area contributed by atoms with Crippen molar-refractivity contribution in [2.75, 3.05) is 6.61 Å². The van der Waals surface area contributed by atoms with E-state index in [-0.39, 0.29) is 0 Å². The van der Waals surface area contributed by atoms with Gasteiger partial charge in [0.1, 0.15) is 42.7 Å². The summed E-state index contributed by atoms with van der Waals surface area (Å²) in [6.45, 7) is 0.821. The van der Waals surface area contributed by atoms with Crippen LogP contribution in [0.5, 0.6) is 0 Å². The van der Waals surface area contributed by atoms with Gasteiger partial charge in [-0.1, -0.05) is 0 Å². The lowest BCUT2D eigenvalue weighted by Crippen LogP contribution is -2.63. The number of ether oxygens (including phenoxy) is 3. The van der Waals surface area contributed by atoms with E-state index in [1.807, 2.05) is 0 Å². The van der Waals surface area contributed by atoms with Crippen LogP contribution in [0.15, 0.2) is 0 Å². The molecule has 2 fully saturated rings. The molecule has 0 amide bonds. The Morgan fingerprint density at radius 1 is 0.818 bits per heavy atom. The third-order valence-corrected chi connectivity index (χ3v) is 3.94. The second-order valence-corrected chi connectivity index (χ2v) is 5.51. The van der Waals surface area contributed by atoms with Gasteiger partial charge in [-0.2, -0.15) is 0 Å². The molecule has 0 aliphatic carbocycles. The normalized spacial score (nSPS) is 53.5. The second kappa shape index (κ2) is 7.01. The molecular weight excluding hydrogens is 304 g/mol. The molecular formula is C12H22O10. The number of aliphatic hydroxyl groups excluding tert-OH is 7. The third-order valence-electron chi connectivity index (χ3n) is 3.94. The van der Waals surface area contributed by atoms with Crippen LogP contribution in [0, 0.1) is 0 Å². The Labute approximate surface area is 126 Å². The fourth-order valence-electron chi connectivity index (χ4n) is 2.52. The van der Waals surface area contributed by atoms with Crippen molar-refractivity contribution in [1.29, 1.82) is 0 Å². The van der Waals surface area contributed by atoms with Gasteiger partial charge in [-0.3, -0.25) is 0 Å². The summed E-state index contributed by atoms with van der Waals surface area (Å²) in [5.74, 6) is 0. The molecule has 2 saturated heterocycles. The van der Waals surface area contributed by atoms with Gasteiger partial charge >= 0.3 is 0 Å². The monoisotopic (exact) mass is 326 g/mol. The lowest BCUT2D eigenvalue weighted by atomic mass is 9.97. The summed E-state index contributed by atoms with van der Waals surface area (Å²) < 4.78 is 15.4. The van der Waals surface area contributed by atoms with Crippen molar-refractivity contribution >= 4 is 0 Å². The smallest absolute Gasteiger partial charge is 0.187 e. The van der Waals surface area contributed by atoms with Crippen LogP contribution in [0.25, 0.3) is 0 Å². The van der Waals surface area contributed by atoms with E-state index in [9.17, 15) is 35.7 Å². The summed E-state index contributed by atoms with van der Waals surface area (Å²) in [5.41, 5.74) is 0. The number of rotatable bonds is 3. The topological polar surface area (TPSA) is 169 Å². The molecule has 2 heterocycles. The van der Waals surface area contributed by atoms with Crippen LogP contribution in [0.1, 0.15) is 6.92 Å². The zero-order valence-corrected chi connectivity index (χ0v) is 11.8. The lowest BCUT2D eigenvalue weighted by molar-refractivity contribution is -0.352. The summed E-state index contributed by atoms with van der Waals surface area (Å²) in [6.07, 6.45) is -14.2. The maximum atomic E-state index is 9.93. The third kappa shape index (κ3) is 3.26. The van der Waals surface area contributed by atoms with Crippen LogP contribution in [-0.4, -0.2) is 104 Å². The summed E-state index contributed by atoms with van der Waals surface area (Å²) >= 11 is 0. The fourth-order valence-corrected chi connectivity index (χ4v) is 2.52. The maximum Gasteiger partial charge on any atom is 0.187 e. The molecule has 0 saturated carbocycles. The van der Waals surface area contributed by atoms with E-state index < -0.39 is 68.0 Å². The van der Waals surface area contributed by atoms with E-state index in [0.717, 1.165) is 0 Å². The van der Waals surface area contributed by atoms with Gasteiger partial charge in [0.2, 0.25) is 0 Å². The molecule has 0 radical (unpaired) electrons. The van der Waals surface area contributed by atoms with Crippen molar-refractivity contribution in [1.82, 2.24) is 0 Å². The predicted molar refractivity (Wildman–Crippen MR) is 67.2 cm³/mol. The average Bonchev–Trinajstić information content (AvgIpc) is 2.50. The zero-order chi connectivity index (χ0) is 16.6. The van der Waals surface area contributed by atoms with Crippen molar-refractivity contribution in [2.24, 2.45) is 0 Å². The molecule has 7 N–H and O–H groups in total. The van der Waals surface area contributed by atoms with Gasteiger partial charge in [-0.05, 0) is 6.92 Å². The molecule has 2 aliphatic rings. The van der Waals surface area contributed by atoms with E-state index in [0.29, 0.717) is 0 Å². The first-order chi connectivity index (χ1) is 10.3.